The second-order valence-electron chi connectivity index (χ2n) is 4.18. The van der Waals surface area contributed by atoms with Gasteiger partial charge in [0.15, 0.2) is 0 Å². The number of carboxylic acid groups (broad SMARTS) is 1. The van der Waals surface area contributed by atoms with Crippen molar-refractivity contribution in [3.63, 3.8) is 0 Å². The van der Waals surface area contributed by atoms with Crippen molar-refractivity contribution in [1.82, 2.24) is 0 Å². The van der Waals surface area contributed by atoms with Gasteiger partial charge in [-0.15, -0.1) is 0 Å². The van der Waals surface area contributed by atoms with Crippen molar-refractivity contribution in [3.8, 4) is 0 Å². The highest BCUT2D eigenvalue weighted by Crippen LogP contribution is 2.27. The normalized spacial score (nSPS) is 10.3. The molecule has 1 amide bonds. The van der Waals surface area contributed by atoms with Gasteiger partial charge in [0.25, 0.3) is 0 Å². The van der Waals surface area contributed by atoms with E-state index >= 15 is 0 Å². The Morgan fingerprint density at radius 1 is 1.37 bits per heavy atom. The van der Waals surface area contributed by atoms with Crippen LogP contribution in [0.4, 0.5) is 5.69 Å². The first-order valence-electron chi connectivity index (χ1n) is 5.76. The molecule has 0 unspecified atom stereocenters. The molecule has 0 aliphatic heterocycles. The molecule has 0 saturated carbocycles. The largest absolute Gasteiger partial charge is 0.481 e. The van der Waals surface area contributed by atoms with Crippen LogP contribution >= 0.6 is 23.4 Å². The number of carboxylic acids is 1. The number of carbonyl (C=O) groups is 2. The molecule has 0 bridgehead atoms. The zero-order valence-electron chi connectivity index (χ0n) is 10.8. The van der Waals surface area contributed by atoms with Gasteiger partial charge in [-0.1, -0.05) is 17.7 Å². The number of hydrogen-bond donors (Lipinski definition) is 2. The highest BCUT2D eigenvalue weighted by Gasteiger charge is 2.09. The SMILES string of the molecule is Cc1cc(C)c(NC(=O)CSCCC(=O)O)c(Cl)c1. The van der Waals surface area contributed by atoms with Gasteiger partial charge in [0.05, 0.1) is 22.9 Å². The van der Waals surface area contributed by atoms with Crippen LogP contribution in [0, 0.1) is 13.8 Å². The van der Waals surface area contributed by atoms with Gasteiger partial charge in [-0.2, -0.15) is 11.8 Å². The third kappa shape index (κ3) is 5.53. The van der Waals surface area contributed by atoms with Gasteiger partial charge < -0.3 is 10.4 Å². The van der Waals surface area contributed by atoms with Crippen LogP contribution in [-0.4, -0.2) is 28.5 Å². The molecule has 4 nitrogen and oxygen atoms in total. The molecule has 0 aliphatic carbocycles. The minimum Gasteiger partial charge on any atom is -0.481 e. The zero-order chi connectivity index (χ0) is 14.4. The Morgan fingerprint density at radius 3 is 2.63 bits per heavy atom. The summed E-state index contributed by atoms with van der Waals surface area (Å²) in [6, 6.07) is 3.74. The average molecular weight is 302 g/mol. The van der Waals surface area contributed by atoms with Crippen molar-refractivity contribution >= 4 is 40.9 Å². The van der Waals surface area contributed by atoms with Crippen LogP contribution in [0.3, 0.4) is 0 Å². The number of benzene rings is 1. The molecule has 104 valence electrons. The lowest BCUT2D eigenvalue weighted by atomic mass is 10.1. The van der Waals surface area contributed by atoms with E-state index in [1.165, 1.54) is 11.8 Å². The highest BCUT2D eigenvalue weighted by atomic mass is 35.5. The van der Waals surface area contributed by atoms with Gasteiger partial charge in [0, 0.05) is 5.75 Å². The summed E-state index contributed by atoms with van der Waals surface area (Å²) >= 11 is 7.37. The molecule has 0 aromatic heterocycles. The Bertz CT molecular complexity index is 468. The van der Waals surface area contributed by atoms with Gasteiger partial charge in [-0.25, -0.2) is 0 Å². The van der Waals surface area contributed by atoms with Gasteiger partial charge in [0.2, 0.25) is 5.91 Å². The maximum absolute atomic E-state index is 11.7. The third-order valence-corrected chi connectivity index (χ3v) is 3.65. The minimum absolute atomic E-state index is 0.0578. The van der Waals surface area contributed by atoms with Crippen molar-refractivity contribution in [2.75, 3.05) is 16.8 Å². The molecule has 1 aromatic carbocycles. The molecular formula is C13H16ClNO3S. The van der Waals surface area contributed by atoms with E-state index in [1.807, 2.05) is 19.9 Å². The topological polar surface area (TPSA) is 66.4 Å². The minimum atomic E-state index is -0.856. The first-order valence-corrected chi connectivity index (χ1v) is 7.29. The standard InChI is InChI=1S/C13H16ClNO3S/c1-8-5-9(2)13(10(14)6-8)15-11(16)7-19-4-3-12(17)18/h5-6H,3-4,7H2,1-2H3,(H,15,16)(H,17,18). The number of aliphatic carboxylic acids is 1. The van der Waals surface area contributed by atoms with E-state index in [9.17, 15) is 9.59 Å². The van der Waals surface area contributed by atoms with E-state index in [1.54, 1.807) is 6.07 Å². The van der Waals surface area contributed by atoms with E-state index < -0.39 is 5.97 Å². The van der Waals surface area contributed by atoms with E-state index in [0.29, 0.717) is 16.5 Å². The summed E-state index contributed by atoms with van der Waals surface area (Å²) in [5.41, 5.74) is 2.57. The summed E-state index contributed by atoms with van der Waals surface area (Å²) in [6.45, 7) is 3.82. The molecule has 19 heavy (non-hydrogen) atoms. The van der Waals surface area contributed by atoms with Crippen LogP contribution in [0.1, 0.15) is 17.5 Å². The van der Waals surface area contributed by atoms with Gasteiger partial charge in [-0.05, 0) is 31.0 Å². The first kappa shape index (κ1) is 15.9. The Balaban J connectivity index is 2.51. The van der Waals surface area contributed by atoms with Gasteiger partial charge in [-0.3, -0.25) is 9.59 Å². The summed E-state index contributed by atoms with van der Waals surface area (Å²) in [4.78, 5) is 22.0. The fraction of sp³-hybridized carbons (Fsp3) is 0.385. The van der Waals surface area contributed by atoms with Crippen molar-refractivity contribution in [1.29, 1.82) is 0 Å². The van der Waals surface area contributed by atoms with Gasteiger partial charge in [0.1, 0.15) is 0 Å². The molecule has 2 N–H and O–H groups in total. The summed E-state index contributed by atoms with van der Waals surface area (Å²) in [6.07, 6.45) is 0.0578. The fourth-order valence-electron chi connectivity index (χ4n) is 1.57. The number of carbonyl (C=O) groups excluding carboxylic acids is 1. The Hall–Kier alpha value is -1.20. The lowest BCUT2D eigenvalue weighted by Crippen LogP contribution is -2.16. The molecule has 0 saturated heterocycles. The fourth-order valence-corrected chi connectivity index (χ4v) is 2.66. The number of thioether (sulfide) groups is 1. The maximum atomic E-state index is 11.7. The number of halogens is 1. The zero-order valence-corrected chi connectivity index (χ0v) is 12.4. The summed E-state index contributed by atoms with van der Waals surface area (Å²) in [7, 11) is 0. The summed E-state index contributed by atoms with van der Waals surface area (Å²) in [5.74, 6) is -0.394. The van der Waals surface area contributed by atoms with Crippen molar-refractivity contribution in [2.24, 2.45) is 0 Å². The number of hydrogen-bond acceptors (Lipinski definition) is 3. The predicted molar refractivity (Wildman–Crippen MR) is 79.1 cm³/mol. The lowest BCUT2D eigenvalue weighted by molar-refractivity contribution is -0.136. The summed E-state index contributed by atoms with van der Waals surface area (Å²) < 4.78 is 0. The van der Waals surface area contributed by atoms with E-state index in [4.69, 9.17) is 16.7 Å². The van der Waals surface area contributed by atoms with Gasteiger partial charge >= 0.3 is 5.97 Å². The van der Waals surface area contributed by atoms with Crippen LogP contribution in [-0.2, 0) is 9.59 Å². The maximum Gasteiger partial charge on any atom is 0.304 e. The molecule has 0 spiro atoms. The Morgan fingerprint density at radius 2 is 2.05 bits per heavy atom. The number of aryl methyl sites for hydroxylation is 2. The van der Waals surface area contributed by atoms with Crippen LogP contribution in [0.2, 0.25) is 5.02 Å². The molecule has 0 heterocycles. The third-order valence-electron chi connectivity index (χ3n) is 2.39. The molecule has 0 aliphatic rings. The second-order valence-corrected chi connectivity index (χ2v) is 5.70. The van der Waals surface area contributed by atoms with Crippen LogP contribution in [0.5, 0.6) is 0 Å². The number of rotatable bonds is 6. The van der Waals surface area contributed by atoms with Crippen molar-refractivity contribution < 1.29 is 14.7 Å². The Labute approximate surface area is 121 Å². The van der Waals surface area contributed by atoms with E-state index in [2.05, 4.69) is 5.32 Å². The monoisotopic (exact) mass is 301 g/mol. The predicted octanol–water partition coefficient (Wildman–Crippen LogP) is 3.10. The van der Waals surface area contributed by atoms with E-state index in [0.717, 1.165) is 11.1 Å². The van der Waals surface area contributed by atoms with Crippen LogP contribution in [0.25, 0.3) is 0 Å². The van der Waals surface area contributed by atoms with Crippen LogP contribution < -0.4 is 5.32 Å². The quantitative estimate of drug-likeness (QED) is 0.792. The molecule has 1 rings (SSSR count). The lowest BCUT2D eigenvalue weighted by Gasteiger charge is -2.11. The van der Waals surface area contributed by atoms with Crippen molar-refractivity contribution in [2.45, 2.75) is 20.3 Å². The molecule has 0 atom stereocenters. The molecular weight excluding hydrogens is 286 g/mol. The highest BCUT2D eigenvalue weighted by molar-refractivity contribution is 7.99. The molecule has 6 heteroatoms. The smallest absolute Gasteiger partial charge is 0.304 e. The second kappa shape index (κ2) is 7.40. The summed E-state index contributed by atoms with van der Waals surface area (Å²) in [5, 5.41) is 11.8. The Kier molecular flexibility index (Phi) is 6.18. The van der Waals surface area contributed by atoms with Crippen molar-refractivity contribution in [3.05, 3.63) is 28.3 Å². The van der Waals surface area contributed by atoms with E-state index in [-0.39, 0.29) is 18.1 Å². The first-order chi connectivity index (χ1) is 8.90. The molecule has 1 aromatic rings. The number of nitrogens with one attached hydrogen (secondary N) is 1. The molecule has 0 fully saturated rings. The van der Waals surface area contributed by atoms with Crippen LogP contribution in [0.15, 0.2) is 12.1 Å². The average Bonchev–Trinajstić information content (AvgIpc) is 2.29. The number of anilines is 1. The number of amides is 1. The molecule has 0 radical (unpaired) electrons.